The van der Waals surface area contributed by atoms with Gasteiger partial charge in [-0.2, -0.15) is 0 Å². The number of anilines is 1. The highest BCUT2D eigenvalue weighted by Gasteiger charge is 2.23. The van der Waals surface area contributed by atoms with Gasteiger partial charge < -0.3 is 15.2 Å². The Kier molecular flexibility index (Phi) is 4.56. The SMILES string of the molecule is Cc1ccc(NC(=O)C2CCOC2)cc1C#CCO. The standard InChI is InChI=1S/C15H17NO3/c1-11-4-5-14(9-12(11)3-2-7-17)16-15(18)13-6-8-19-10-13/h4-5,9,13,17H,6-8,10H2,1H3,(H,16,18). The van der Waals surface area contributed by atoms with Gasteiger partial charge in [0.2, 0.25) is 5.91 Å². The van der Waals surface area contributed by atoms with Crippen molar-refractivity contribution in [2.45, 2.75) is 13.3 Å². The number of aliphatic hydroxyl groups is 1. The summed E-state index contributed by atoms with van der Waals surface area (Å²) in [6.07, 6.45) is 0.773. The van der Waals surface area contributed by atoms with Gasteiger partial charge in [0.25, 0.3) is 0 Å². The molecule has 1 aliphatic rings. The smallest absolute Gasteiger partial charge is 0.229 e. The fourth-order valence-corrected chi connectivity index (χ4v) is 1.95. The maximum Gasteiger partial charge on any atom is 0.229 e. The fourth-order valence-electron chi connectivity index (χ4n) is 1.95. The van der Waals surface area contributed by atoms with E-state index in [9.17, 15) is 4.79 Å². The van der Waals surface area contributed by atoms with Crippen LogP contribution in [0.15, 0.2) is 18.2 Å². The molecule has 1 unspecified atom stereocenters. The molecular formula is C15H17NO3. The number of benzene rings is 1. The fraction of sp³-hybridized carbons (Fsp3) is 0.400. The lowest BCUT2D eigenvalue weighted by atomic mass is 10.1. The summed E-state index contributed by atoms with van der Waals surface area (Å²) in [4.78, 5) is 12.0. The Labute approximate surface area is 112 Å². The normalized spacial score (nSPS) is 17.7. The third-order valence-electron chi connectivity index (χ3n) is 3.11. The number of nitrogens with one attached hydrogen (secondary N) is 1. The van der Waals surface area contributed by atoms with E-state index in [-0.39, 0.29) is 18.4 Å². The minimum Gasteiger partial charge on any atom is -0.384 e. The number of rotatable bonds is 2. The van der Waals surface area contributed by atoms with E-state index in [0.29, 0.717) is 13.2 Å². The van der Waals surface area contributed by atoms with Crippen molar-refractivity contribution in [1.82, 2.24) is 0 Å². The van der Waals surface area contributed by atoms with Crippen LogP contribution in [0.3, 0.4) is 0 Å². The molecular weight excluding hydrogens is 242 g/mol. The highest BCUT2D eigenvalue weighted by Crippen LogP contribution is 2.18. The number of ether oxygens (including phenoxy) is 1. The summed E-state index contributed by atoms with van der Waals surface area (Å²) < 4.78 is 5.20. The Bertz CT molecular complexity index is 522. The van der Waals surface area contributed by atoms with Gasteiger partial charge in [0.05, 0.1) is 12.5 Å². The molecule has 2 N–H and O–H groups in total. The Hall–Kier alpha value is -1.83. The average molecular weight is 259 g/mol. The van der Waals surface area contributed by atoms with E-state index in [1.807, 2.05) is 25.1 Å². The number of hydrogen-bond acceptors (Lipinski definition) is 3. The van der Waals surface area contributed by atoms with Crippen LogP contribution in [0, 0.1) is 24.7 Å². The van der Waals surface area contributed by atoms with Gasteiger partial charge >= 0.3 is 0 Å². The van der Waals surface area contributed by atoms with E-state index >= 15 is 0 Å². The monoisotopic (exact) mass is 259 g/mol. The van der Waals surface area contributed by atoms with Crippen molar-refractivity contribution in [1.29, 1.82) is 0 Å². The van der Waals surface area contributed by atoms with Crippen LogP contribution in [0.4, 0.5) is 5.69 Å². The van der Waals surface area contributed by atoms with Gasteiger partial charge in [-0.1, -0.05) is 17.9 Å². The highest BCUT2D eigenvalue weighted by atomic mass is 16.5. The molecule has 0 saturated carbocycles. The molecule has 4 heteroatoms. The summed E-state index contributed by atoms with van der Waals surface area (Å²) in [5.74, 6) is 5.41. The largest absolute Gasteiger partial charge is 0.384 e. The molecule has 0 spiro atoms. The van der Waals surface area contributed by atoms with Gasteiger partial charge in [0, 0.05) is 17.9 Å². The molecule has 0 aromatic heterocycles. The minimum absolute atomic E-state index is 0.0116. The number of amides is 1. The number of carbonyl (C=O) groups is 1. The molecule has 4 nitrogen and oxygen atoms in total. The van der Waals surface area contributed by atoms with Crippen molar-refractivity contribution in [3.05, 3.63) is 29.3 Å². The predicted molar refractivity (Wildman–Crippen MR) is 72.7 cm³/mol. The number of carbonyl (C=O) groups excluding carboxylic acids is 1. The van der Waals surface area contributed by atoms with Crippen LogP contribution in [-0.4, -0.2) is 30.8 Å². The average Bonchev–Trinajstić information content (AvgIpc) is 2.93. The zero-order valence-electron chi connectivity index (χ0n) is 10.9. The summed E-state index contributed by atoms with van der Waals surface area (Å²) in [6.45, 7) is 2.92. The molecule has 1 amide bonds. The van der Waals surface area contributed by atoms with Crippen LogP contribution in [0.2, 0.25) is 0 Å². The van der Waals surface area contributed by atoms with Crippen molar-refractivity contribution in [3.63, 3.8) is 0 Å². The van der Waals surface area contributed by atoms with Crippen LogP contribution in [0.25, 0.3) is 0 Å². The van der Waals surface area contributed by atoms with Crippen LogP contribution in [-0.2, 0) is 9.53 Å². The zero-order valence-corrected chi connectivity index (χ0v) is 10.9. The first-order chi connectivity index (χ1) is 9.20. The van der Waals surface area contributed by atoms with Crippen LogP contribution < -0.4 is 5.32 Å². The molecule has 1 aliphatic heterocycles. The first-order valence-corrected chi connectivity index (χ1v) is 6.29. The summed E-state index contributed by atoms with van der Waals surface area (Å²) >= 11 is 0. The van der Waals surface area contributed by atoms with Crippen molar-refractivity contribution >= 4 is 11.6 Å². The van der Waals surface area contributed by atoms with Crippen molar-refractivity contribution in [3.8, 4) is 11.8 Å². The molecule has 1 aromatic carbocycles. The first kappa shape index (κ1) is 13.6. The lowest BCUT2D eigenvalue weighted by Gasteiger charge is -2.10. The van der Waals surface area contributed by atoms with E-state index < -0.39 is 0 Å². The molecule has 1 saturated heterocycles. The lowest BCUT2D eigenvalue weighted by Crippen LogP contribution is -2.22. The zero-order chi connectivity index (χ0) is 13.7. The second-order valence-corrected chi connectivity index (χ2v) is 4.54. The molecule has 1 atom stereocenters. The summed E-state index contributed by atoms with van der Waals surface area (Å²) in [5.41, 5.74) is 2.56. The maximum atomic E-state index is 12.0. The van der Waals surface area contributed by atoms with E-state index in [4.69, 9.17) is 9.84 Å². The van der Waals surface area contributed by atoms with Gasteiger partial charge in [-0.05, 0) is 31.0 Å². The van der Waals surface area contributed by atoms with E-state index in [1.165, 1.54) is 0 Å². The molecule has 0 radical (unpaired) electrons. The number of aliphatic hydroxyl groups excluding tert-OH is 1. The Morgan fingerprint density at radius 2 is 2.42 bits per heavy atom. The molecule has 19 heavy (non-hydrogen) atoms. The van der Waals surface area contributed by atoms with Gasteiger partial charge in [-0.25, -0.2) is 0 Å². The van der Waals surface area contributed by atoms with Crippen molar-refractivity contribution < 1.29 is 14.6 Å². The highest BCUT2D eigenvalue weighted by molar-refractivity contribution is 5.93. The lowest BCUT2D eigenvalue weighted by molar-refractivity contribution is -0.119. The molecule has 1 fully saturated rings. The summed E-state index contributed by atoms with van der Waals surface area (Å²) in [6, 6.07) is 5.58. The number of hydrogen-bond donors (Lipinski definition) is 2. The summed E-state index contributed by atoms with van der Waals surface area (Å²) in [5, 5.41) is 11.6. The quantitative estimate of drug-likeness (QED) is 0.787. The van der Waals surface area contributed by atoms with Gasteiger partial charge in [0.15, 0.2) is 0 Å². The minimum atomic E-state index is -0.171. The van der Waals surface area contributed by atoms with Crippen LogP contribution in [0.5, 0.6) is 0 Å². The molecule has 1 aromatic rings. The molecule has 100 valence electrons. The van der Waals surface area contributed by atoms with Crippen LogP contribution >= 0.6 is 0 Å². The van der Waals surface area contributed by atoms with Crippen LogP contribution in [0.1, 0.15) is 17.5 Å². The van der Waals surface area contributed by atoms with Gasteiger partial charge in [-0.15, -0.1) is 0 Å². The maximum absolute atomic E-state index is 12.0. The molecule has 1 heterocycles. The van der Waals surface area contributed by atoms with Gasteiger partial charge in [0.1, 0.15) is 6.61 Å². The second kappa shape index (κ2) is 6.37. The molecule has 0 bridgehead atoms. The molecule has 2 rings (SSSR count). The van der Waals surface area contributed by atoms with Crippen molar-refractivity contribution in [2.75, 3.05) is 25.1 Å². The van der Waals surface area contributed by atoms with E-state index in [1.54, 1.807) is 0 Å². The third kappa shape index (κ3) is 3.57. The first-order valence-electron chi connectivity index (χ1n) is 6.29. The van der Waals surface area contributed by atoms with E-state index in [2.05, 4.69) is 17.2 Å². The number of aryl methyl sites for hydroxylation is 1. The summed E-state index contributed by atoms with van der Waals surface area (Å²) in [7, 11) is 0. The Balaban J connectivity index is 2.10. The predicted octanol–water partition coefficient (Wildman–Crippen LogP) is 1.31. The third-order valence-corrected chi connectivity index (χ3v) is 3.11. The second-order valence-electron chi connectivity index (χ2n) is 4.54. The Morgan fingerprint density at radius 3 is 3.11 bits per heavy atom. The van der Waals surface area contributed by atoms with Gasteiger partial charge in [-0.3, -0.25) is 4.79 Å². The van der Waals surface area contributed by atoms with E-state index in [0.717, 1.165) is 23.2 Å². The topological polar surface area (TPSA) is 58.6 Å². The Morgan fingerprint density at radius 1 is 1.58 bits per heavy atom. The van der Waals surface area contributed by atoms with Crippen molar-refractivity contribution in [2.24, 2.45) is 5.92 Å². The molecule has 0 aliphatic carbocycles.